The van der Waals surface area contributed by atoms with E-state index in [4.69, 9.17) is 11.6 Å². The van der Waals surface area contributed by atoms with E-state index in [1.807, 2.05) is 0 Å². The molecule has 1 atom stereocenters. The van der Waals surface area contributed by atoms with Crippen molar-refractivity contribution in [3.8, 4) is 0 Å². The van der Waals surface area contributed by atoms with E-state index in [2.05, 4.69) is 5.32 Å². The molecule has 0 radical (unpaired) electrons. The number of carbonyl (C=O) groups excluding carboxylic acids is 1. The van der Waals surface area contributed by atoms with Gasteiger partial charge in [-0.1, -0.05) is 11.6 Å². The number of hydrogen-bond acceptors (Lipinski definition) is 5. The normalized spacial score (nSPS) is 21.1. The van der Waals surface area contributed by atoms with Crippen LogP contribution < -0.4 is 5.32 Å². The maximum atomic E-state index is 12.1. The van der Waals surface area contributed by atoms with Gasteiger partial charge in [-0.15, -0.1) is 0 Å². The molecule has 1 aromatic carbocycles. The van der Waals surface area contributed by atoms with Crippen LogP contribution in [0.2, 0.25) is 5.02 Å². The SMILES string of the molecule is CS(=O)(=O)c1cc(C(=O)N[C@H]2CCS(=O)(=O)C2)ccc1Cl. The summed E-state index contributed by atoms with van der Waals surface area (Å²) in [7, 11) is -6.64. The molecule has 1 saturated heterocycles. The maximum absolute atomic E-state index is 12.1. The van der Waals surface area contributed by atoms with Gasteiger partial charge in [-0.3, -0.25) is 4.79 Å². The largest absolute Gasteiger partial charge is 0.348 e. The summed E-state index contributed by atoms with van der Waals surface area (Å²) in [5.41, 5.74) is 0.129. The van der Waals surface area contributed by atoms with Crippen molar-refractivity contribution in [2.45, 2.75) is 17.4 Å². The van der Waals surface area contributed by atoms with E-state index in [0.717, 1.165) is 6.26 Å². The number of hydrogen-bond donors (Lipinski definition) is 1. The fourth-order valence-electron chi connectivity index (χ4n) is 2.11. The Morgan fingerprint density at radius 2 is 2.05 bits per heavy atom. The van der Waals surface area contributed by atoms with Crippen molar-refractivity contribution in [3.63, 3.8) is 0 Å². The number of sulfone groups is 2. The highest BCUT2D eigenvalue weighted by molar-refractivity contribution is 7.91. The lowest BCUT2D eigenvalue weighted by atomic mass is 10.2. The van der Waals surface area contributed by atoms with Crippen LogP contribution in [-0.4, -0.2) is 46.5 Å². The van der Waals surface area contributed by atoms with Gasteiger partial charge < -0.3 is 5.32 Å². The van der Waals surface area contributed by atoms with Crippen molar-refractivity contribution in [3.05, 3.63) is 28.8 Å². The van der Waals surface area contributed by atoms with Gasteiger partial charge in [-0.25, -0.2) is 16.8 Å². The van der Waals surface area contributed by atoms with Gasteiger partial charge >= 0.3 is 0 Å². The fourth-order valence-corrected chi connectivity index (χ4v) is 5.08. The lowest BCUT2D eigenvalue weighted by Gasteiger charge is -2.11. The summed E-state index contributed by atoms with van der Waals surface area (Å²) in [6, 6.07) is 3.48. The van der Waals surface area contributed by atoms with Gasteiger partial charge in [0.05, 0.1) is 21.4 Å². The van der Waals surface area contributed by atoms with E-state index in [0.29, 0.717) is 6.42 Å². The van der Waals surface area contributed by atoms with Crippen LogP contribution in [0.25, 0.3) is 0 Å². The number of amides is 1. The second-order valence-electron chi connectivity index (χ2n) is 4.99. The van der Waals surface area contributed by atoms with Gasteiger partial charge in [0.1, 0.15) is 0 Å². The molecule has 0 unspecified atom stereocenters. The highest BCUT2D eigenvalue weighted by Crippen LogP contribution is 2.23. The number of nitrogens with one attached hydrogen (secondary N) is 1. The first-order valence-electron chi connectivity index (χ1n) is 6.09. The molecule has 6 nitrogen and oxygen atoms in total. The van der Waals surface area contributed by atoms with Gasteiger partial charge in [-0.05, 0) is 24.6 Å². The zero-order valence-electron chi connectivity index (χ0n) is 11.2. The Balaban J connectivity index is 2.21. The monoisotopic (exact) mass is 351 g/mol. The summed E-state index contributed by atoms with van der Waals surface area (Å²) in [6.45, 7) is 0. The van der Waals surface area contributed by atoms with Crippen LogP contribution >= 0.6 is 11.6 Å². The summed E-state index contributed by atoms with van der Waals surface area (Å²) in [5.74, 6) is -0.558. The van der Waals surface area contributed by atoms with Gasteiger partial charge in [0.2, 0.25) is 0 Å². The Morgan fingerprint density at radius 1 is 1.38 bits per heavy atom. The van der Waals surface area contributed by atoms with Gasteiger partial charge in [0.15, 0.2) is 19.7 Å². The van der Waals surface area contributed by atoms with Crippen molar-refractivity contribution in [1.82, 2.24) is 5.32 Å². The van der Waals surface area contributed by atoms with Crippen molar-refractivity contribution in [2.75, 3.05) is 17.8 Å². The molecule has 21 heavy (non-hydrogen) atoms. The minimum Gasteiger partial charge on any atom is -0.348 e. The van der Waals surface area contributed by atoms with Crippen LogP contribution in [0.5, 0.6) is 0 Å². The molecule has 2 rings (SSSR count). The molecule has 1 aliphatic rings. The fraction of sp³-hybridized carbons (Fsp3) is 0.417. The number of benzene rings is 1. The molecule has 9 heteroatoms. The molecule has 0 aromatic heterocycles. The summed E-state index contributed by atoms with van der Waals surface area (Å²) in [6.07, 6.45) is 1.36. The van der Waals surface area contributed by atoms with E-state index in [-0.39, 0.29) is 27.0 Å². The lowest BCUT2D eigenvalue weighted by molar-refractivity contribution is 0.0941. The third kappa shape index (κ3) is 3.96. The molecule has 0 saturated carbocycles. The lowest BCUT2D eigenvalue weighted by Crippen LogP contribution is -2.35. The quantitative estimate of drug-likeness (QED) is 0.862. The molecular formula is C12H14ClNO5S2. The number of rotatable bonds is 3. The Labute approximate surface area is 128 Å². The summed E-state index contributed by atoms with van der Waals surface area (Å²) in [5, 5.41) is 2.63. The summed E-state index contributed by atoms with van der Waals surface area (Å²) >= 11 is 5.80. The smallest absolute Gasteiger partial charge is 0.251 e. The molecule has 1 aromatic rings. The maximum Gasteiger partial charge on any atom is 0.251 e. The molecular weight excluding hydrogens is 338 g/mol. The van der Waals surface area contributed by atoms with Crippen LogP contribution in [0.3, 0.4) is 0 Å². The molecule has 0 spiro atoms. The zero-order chi connectivity index (χ0) is 15.8. The van der Waals surface area contributed by atoms with E-state index in [9.17, 15) is 21.6 Å². The van der Waals surface area contributed by atoms with E-state index in [1.165, 1.54) is 18.2 Å². The van der Waals surface area contributed by atoms with Crippen LogP contribution in [0.4, 0.5) is 0 Å². The third-order valence-electron chi connectivity index (χ3n) is 3.16. The molecule has 0 bridgehead atoms. The average molecular weight is 352 g/mol. The molecule has 116 valence electrons. The predicted octanol–water partition coefficient (Wildman–Crippen LogP) is 0.660. The number of carbonyl (C=O) groups is 1. The van der Waals surface area contributed by atoms with Crippen LogP contribution in [0, 0.1) is 0 Å². The first kappa shape index (κ1) is 16.3. The Kier molecular flexibility index (Phi) is 4.32. The first-order valence-corrected chi connectivity index (χ1v) is 10.2. The zero-order valence-corrected chi connectivity index (χ0v) is 13.6. The van der Waals surface area contributed by atoms with E-state index >= 15 is 0 Å². The summed E-state index contributed by atoms with van der Waals surface area (Å²) < 4.78 is 45.8. The van der Waals surface area contributed by atoms with Crippen molar-refractivity contribution in [1.29, 1.82) is 0 Å². The summed E-state index contributed by atoms with van der Waals surface area (Å²) in [4.78, 5) is 11.9. The standard InChI is InChI=1S/C12H14ClNO5S2/c1-20(16,17)11-6-8(2-3-10(11)13)12(15)14-9-4-5-21(18,19)7-9/h2-3,6,9H,4-5,7H2,1H3,(H,14,15)/t9-/m0/s1. The Hall–Kier alpha value is -1.12. The molecule has 1 fully saturated rings. The average Bonchev–Trinajstić information content (AvgIpc) is 2.67. The predicted molar refractivity (Wildman–Crippen MR) is 79.1 cm³/mol. The molecule has 1 aliphatic heterocycles. The number of halogens is 1. The Bertz CT molecular complexity index is 786. The van der Waals surface area contributed by atoms with Gasteiger partial charge in [-0.2, -0.15) is 0 Å². The van der Waals surface area contributed by atoms with Gasteiger partial charge in [0.25, 0.3) is 5.91 Å². The molecule has 1 N–H and O–H groups in total. The van der Waals surface area contributed by atoms with Gasteiger partial charge in [0, 0.05) is 17.9 Å². The van der Waals surface area contributed by atoms with Crippen molar-refractivity contribution in [2.24, 2.45) is 0 Å². The second-order valence-corrected chi connectivity index (χ2v) is 9.61. The highest BCUT2D eigenvalue weighted by atomic mass is 35.5. The van der Waals surface area contributed by atoms with Crippen LogP contribution in [0.1, 0.15) is 16.8 Å². The van der Waals surface area contributed by atoms with Crippen LogP contribution in [0.15, 0.2) is 23.1 Å². The van der Waals surface area contributed by atoms with Crippen molar-refractivity contribution >= 4 is 37.2 Å². The van der Waals surface area contributed by atoms with Crippen LogP contribution in [-0.2, 0) is 19.7 Å². The second kappa shape index (κ2) is 5.58. The van der Waals surface area contributed by atoms with E-state index in [1.54, 1.807) is 0 Å². The minimum absolute atomic E-state index is 0.0393. The molecule has 1 amide bonds. The molecule has 0 aliphatic carbocycles. The topological polar surface area (TPSA) is 97.4 Å². The third-order valence-corrected chi connectivity index (χ3v) is 6.51. The highest BCUT2D eigenvalue weighted by Gasteiger charge is 2.29. The Morgan fingerprint density at radius 3 is 2.57 bits per heavy atom. The minimum atomic E-state index is -3.54. The van der Waals surface area contributed by atoms with E-state index < -0.39 is 31.6 Å². The molecule has 1 heterocycles. The van der Waals surface area contributed by atoms with Crippen molar-refractivity contribution < 1.29 is 21.6 Å². The first-order chi connectivity index (χ1) is 9.58.